The van der Waals surface area contributed by atoms with Crippen LogP contribution in [0.5, 0.6) is 0 Å². The number of aliphatic carboxylic acids is 1. The van der Waals surface area contributed by atoms with Gasteiger partial charge in [0.15, 0.2) is 0 Å². The van der Waals surface area contributed by atoms with Crippen LogP contribution in [0.2, 0.25) is 0 Å². The second-order valence-corrected chi connectivity index (χ2v) is 5.17. The van der Waals surface area contributed by atoms with Crippen molar-refractivity contribution in [3.05, 3.63) is 17.0 Å². The molecule has 2 N–H and O–H groups in total. The number of carboxylic acids is 1. The van der Waals surface area contributed by atoms with E-state index in [0.717, 1.165) is 17.0 Å². The molecule has 0 unspecified atom stereocenters. The Kier molecular flexibility index (Phi) is 5.11. The molecular weight excluding hydrogens is 242 g/mol. The lowest BCUT2D eigenvalue weighted by Crippen LogP contribution is -2.40. The van der Waals surface area contributed by atoms with Crippen LogP contribution in [0.25, 0.3) is 0 Å². The summed E-state index contributed by atoms with van der Waals surface area (Å²) in [6, 6.07) is 0. The molecule has 0 saturated carbocycles. The Labute approximate surface area is 115 Å². The summed E-state index contributed by atoms with van der Waals surface area (Å²) >= 11 is 0. The minimum Gasteiger partial charge on any atom is -0.481 e. The zero-order valence-electron chi connectivity index (χ0n) is 12.6. The zero-order valence-corrected chi connectivity index (χ0v) is 12.6. The van der Waals surface area contributed by atoms with Gasteiger partial charge in [0.25, 0.3) is 0 Å². The van der Waals surface area contributed by atoms with E-state index in [0.29, 0.717) is 25.9 Å². The normalized spacial score (nSPS) is 11.8. The van der Waals surface area contributed by atoms with Crippen molar-refractivity contribution >= 4 is 5.97 Å². The molecule has 0 aromatic carbocycles. The van der Waals surface area contributed by atoms with Crippen LogP contribution in [0.3, 0.4) is 0 Å². The minimum atomic E-state index is -0.718. The van der Waals surface area contributed by atoms with Gasteiger partial charge >= 0.3 is 5.97 Å². The third kappa shape index (κ3) is 3.15. The lowest BCUT2D eigenvalue weighted by Gasteiger charge is -2.27. The maximum atomic E-state index is 11.4. The Morgan fingerprint density at radius 3 is 2.32 bits per heavy atom. The molecule has 1 heterocycles. The lowest BCUT2D eigenvalue weighted by molar-refractivity contribution is -0.149. The van der Waals surface area contributed by atoms with E-state index in [1.165, 1.54) is 0 Å². The van der Waals surface area contributed by atoms with Crippen molar-refractivity contribution in [2.45, 2.75) is 47.1 Å². The molecule has 1 rings (SSSR count). The highest BCUT2D eigenvalue weighted by Crippen LogP contribution is 2.26. The van der Waals surface area contributed by atoms with Gasteiger partial charge in [-0.1, -0.05) is 13.8 Å². The van der Waals surface area contributed by atoms with Gasteiger partial charge in [-0.3, -0.25) is 9.48 Å². The summed E-state index contributed by atoms with van der Waals surface area (Å²) in [5, 5.41) is 17.0. The summed E-state index contributed by atoms with van der Waals surface area (Å²) in [6.07, 6.45) is 1.27. The van der Waals surface area contributed by atoms with E-state index in [2.05, 4.69) is 10.4 Å². The summed E-state index contributed by atoms with van der Waals surface area (Å²) in [6.45, 7) is 9.03. The number of carbonyl (C=O) groups is 1. The van der Waals surface area contributed by atoms with Gasteiger partial charge in [0, 0.05) is 31.4 Å². The fraction of sp³-hybridized carbons (Fsp3) is 0.714. The van der Waals surface area contributed by atoms with Crippen LogP contribution < -0.4 is 5.32 Å². The Morgan fingerprint density at radius 2 is 1.95 bits per heavy atom. The van der Waals surface area contributed by atoms with E-state index in [1.54, 1.807) is 0 Å². The van der Waals surface area contributed by atoms with Gasteiger partial charge in [0.1, 0.15) is 0 Å². The fourth-order valence-corrected chi connectivity index (χ4v) is 2.38. The maximum Gasteiger partial charge on any atom is 0.310 e. The Balaban J connectivity index is 2.70. The average molecular weight is 267 g/mol. The smallest absolute Gasteiger partial charge is 0.310 e. The molecule has 0 atom stereocenters. The number of carboxylic acid groups (broad SMARTS) is 1. The van der Waals surface area contributed by atoms with Crippen molar-refractivity contribution in [2.24, 2.45) is 12.5 Å². The summed E-state index contributed by atoms with van der Waals surface area (Å²) in [7, 11) is 1.92. The summed E-state index contributed by atoms with van der Waals surface area (Å²) in [5.74, 6) is -0.718. The highest BCUT2D eigenvalue weighted by atomic mass is 16.4. The molecule has 5 nitrogen and oxygen atoms in total. The van der Waals surface area contributed by atoms with Gasteiger partial charge < -0.3 is 10.4 Å². The van der Waals surface area contributed by atoms with Gasteiger partial charge in [-0.2, -0.15) is 5.10 Å². The molecule has 0 saturated heterocycles. The topological polar surface area (TPSA) is 67.2 Å². The van der Waals surface area contributed by atoms with Crippen molar-refractivity contribution in [3.63, 3.8) is 0 Å². The van der Waals surface area contributed by atoms with Gasteiger partial charge in [-0.15, -0.1) is 0 Å². The number of hydrogen-bond donors (Lipinski definition) is 2. The average Bonchev–Trinajstić information content (AvgIpc) is 2.60. The predicted octanol–water partition coefficient (Wildman–Crippen LogP) is 2.02. The highest BCUT2D eigenvalue weighted by molar-refractivity contribution is 5.74. The van der Waals surface area contributed by atoms with Crippen LogP contribution in [-0.4, -0.2) is 27.4 Å². The number of aryl methyl sites for hydroxylation is 2. The van der Waals surface area contributed by atoms with E-state index >= 15 is 0 Å². The first-order valence-corrected chi connectivity index (χ1v) is 6.81. The molecule has 0 aliphatic heterocycles. The molecule has 0 aliphatic carbocycles. The lowest BCUT2D eigenvalue weighted by atomic mass is 9.82. The summed E-state index contributed by atoms with van der Waals surface area (Å²) < 4.78 is 1.86. The van der Waals surface area contributed by atoms with Crippen LogP contribution in [0.15, 0.2) is 0 Å². The largest absolute Gasteiger partial charge is 0.481 e. The standard InChI is InChI=1S/C14H25N3O2/c1-6-14(7-2,13(18)19)9-15-8-12-10(3)16-17(5)11(12)4/h15H,6-9H2,1-5H3,(H,18,19). The van der Waals surface area contributed by atoms with Crippen LogP contribution in [0.1, 0.15) is 43.6 Å². The van der Waals surface area contributed by atoms with Crippen molar-refractivity contribution in [3.8, 4) is 0 Å². The van der Waals surface area contributed by atoms with Gasteiger partial charge in [-0.05, 0) is 26.7 Å². The molecule has 0 spiro atoms. The van der Waals surface area contributed by atoms with E-state index in [9.17, 15) is 9.90 Å². The molecule has 5 heteroatoms. The van der Waals surface area contributed by atoms with Crippen molar-refractivity contribution in [1.82, 2.24) is 15.1 Å². The monoisotopic (exact) mass is 267 g/mol. The van der Waals surface area contributed by atoms with Crippen molar-refractivity contribution in [1.29, 1.82) is 0 Å². The molecule has 0 amide bonds. The van der Waals surface area contributed by atoms with Gasteiger partial charge in [-0.25, -0.2) is 0 Å². The summed E-state index contributed by atoms with van der Waals surface area (Å²) in [5.41, 5.74) is 2.62. The first kappa shape index (κ1) is 15.7. The van der Waals surface area contributed by atoms with E-state index < -0.39 is 11.4 Å². The zero-order chi connectivity index (χ0) is 14.6. The van der Waals surface area contributed by atoms with E-state index in [1.807, 2.05) is 39.4 Å². The molecule has 0 aliphatic rings. The number of nitrogens with one attached hydrogen (secondary N) is 1. The number of rotatable bonds is 7. The molecular formula is C14H25N3O2. The van der Waals surface area contributed by atoms with Crippen molar-refractivity contribution in [2.75, 3.05) is 6.54 Å². The molecule has 0 bridgehead atoms. The first-order chi connectivity index (χ1) is 8.88. The molecule has 1 aromatic rings. The molecule has 0 fully saturated rings. The van der Waals surface area contributed by atoms with Crippen molar-refractivity contribution < 1.29 is 9.90 Å². The molecule has 0 radical (unpaired) electrons. The minimum absolute atomic E-state index is 0.489. The highest BCUT2D eigenvalue weighted by Gasteiger charge is 2.34. The predicted molar refractivity (Wildman–Crippen MR) is 75.0 cm³/mol. The SMILES string of the molecule is CCC(CC)(CNCc1c(C)nn(C)c1C)C(=O)O. The fourth-order valence-electron chi connectivity index (χ4n) is 2.38. The Morgan fingerprint density at radius 1 is 1.37 bits per heavy atom. The van der Waals surface area contributed by atoms with Gasteiger partial charge in [0.05, 0.1) is 11.1 Å². The second kappa shape index (κ2) is 6.19. The molecule has 1 aromatic heterocycles. The molecule has 108 valence electrons. The summed E-state index contributed by atoms with van der Waals surface area (Å²) in [4.78, 5) is 11.4. The Bertz CT molecular complexity index is 448. The third-order valence-corrected chi connectivity index (χ3v) is 4.23. The van der Waals surface area contributed by atoms with Gasteiger partial charge in [0.2, 0.25) is 0 Å². The van der Waals surface area contributed by atoms with E-state index in [4.69, 9.17) is 0 Å². The van der Waals surface area contributed by atoms with Crippen LogP contribution in [0, 0.1) is 19.3 Å². The number of hydrogen-bond acceptors (Lipinski definition) is 3. The Hall–Kier alpha value is -1.36. The number of nitrogens with zero attached hydrogens (tertiary/aromatic N) is 2. The van der Waals surface area contributed by atoms with E-state index in [-0.39, 0.29) is 0 Å². The second-order valence-electron chi connectivity index (χ2n) is 5.17. The first-order valence-electron chi connectivity index (χ1n) is 6.81. The molecule has 19 heavy (non-hydrogen) atoms. The van der Waals surface area contributed by atoms with Crippen LogP contribution in [0.4, 0.5) is 0 Å². The number of aromatic nitrogens is 2. The third-order valence-electron chi connectivity index (χ3n) is 4.23. The van der Waals surface area contributed by atoms with Crippen LogP contribution in [-0.2, 0) is 18.4 Å². The quantitative estimate of drug-likeness (QED) is 0.793. The van der Waals surface area contributed by atoms with Crippen LogP contribution >= 0.6 is 0 Å². The maximum absolute atomic E-state index is 11.4.